The highest BCUT2D eigenvalue weighted by Gasteiger charge is 2.35. The first-order valence-electron chi connectivity index (χ1n) is 8.43. The largest absolute Gasteiger partial charge is 0.362 e. The Hall–Kier alpha value is -0.980. The molecule has 1 aliphatic carbocycles. The lowest BCUT2D eigenvalue weighted by Gasteiger charge is -2.30. The van der Waals surface area contributed by atoms with E-state index < -0.39 is 0 Å². The van der Waals surface area contributed by atoms with Gasteiger partial charge in [0.1, 0.15) is 5.82 Å². The van der Waals surface area contributed by atoms with Crippen molar-refractivity contribution in [1.82, 2.24) is 10.3 Å². The molecule has 3 nitrogen and oxygen atoms in total. The van der Waals surface area contributed by atoms with Crippen molar-refractivity contribution in [2.24, 2.45) is 0 Å². The minimum absolute atomic E-state index is 0.174. The van der Waals surface area contributed by atoms with E-state index >= 15 is 0 Å². The van der Waals surface area contributed by atoms with Crippen LogP contribution >= 0.6 is 44.1 Å². The number of rotatable bonds is 4. The molecule has 1 aliphatic rings. The Morgan fingerprint density at radius 3 is 2.56 bits per heavy atom. The van der Waals surface area contributed by atoms with Crippen molar-refractivity contribution < 1.29 is 0 Å². The average molecular weight is 483 g/mol. The second-order valence-corrected chi connectivity index (χ2v) is 8.61. The number of aromatic nitrogens is 1. The number of nitrogens with one attached hydrogen (secondary N) is 2. The van der Waals surface area contributed by atoms with Crippen LogP contribution in [0.2, 0.25) is 0 Å². The molecule has 6 heteroatoms. The number of nitrogens with zero attached hydrogens (tertiary/aromatic N) is 1. The predicted octanol–water partition coefficient (Wildman–Crippen LogP) is 5.71. The fourth-order valence-electron chi connectivity index (χ4n) is 3.46. The molecule has 2 aromatic rings. The summed E-state index contributed by atoms with van der Waals surface area (Å²) in [4.78, 5) is 4.40. The van der Waals surface area contributed by atoms with Gasteiger partial charge in [-0.2, -0.15) is 0 Å². The summed E-state index contributed by atoms with van der Waals surface area (Å²) in [5, 5.41) is 7.24. The maximum Gasteiger partial charge on any atom is 0.172 e. The molecule has 0 aliphatic heterocycles. The first-order chi connectivity index (χ1) is 12.0. The third-order valence-electron chi connectivity index (χ3n) is 4.97. The standard InChI is InChI=1S/C19H21Br2N3S/c1-13-15(20)11-22-17(16(13)21)24-18(25)23-12-19(9-5-6-10-19)14-7-3-2-4-8-14/h2-4,7-8,11H,5-6,9-10,12H2,1H3,(H2,22,23,24,25). The van der Waals surface area contributed by atoms with Gasteiger partial charge >= 0.3 is 0 Å². The van der Waals surface area contributed by atoms with Crippen LogP contribution in [-0.4, -0.2) is 16.6 Å². The van der Waals surface area contributed by atoms with Crippen LogP contribution < -0.4 is 10.6 Å². The van der Waals surface area contributed by atoms with Gasteiger partial charge in [0, 0.05) is 22.6 Å². The Morgan fingerprint density at radius 1 is 1.20 bits per heavy atom. The van der Waals surface area contributed by atoms with Crippen LogP contribution in [0, 0.1) is 6.92 Å². The van der Waals surface area contributed by atoms with E-state index in [-0.39, 0.29) is 5.41 Å². The van der Waals surface area contributed by atoms with Gasteiger partial charge in [0.2, 0.25) is 0 Å². The lowest BCUT2D eigenvalue weighted by Crippen LogP contribution is -2.40. The summed E-state index contributed by atoms with van der Waals surface area (Å²) >= 11 is 12.6. The third-order valence-corrected chi connectivity index (χ3v) is 6.98. The number of halogens is 2. The van der Waals surface area contributed by atoms with Crippen LogP contribution in [0.4, 0.5) is 5.82 Å². The summed E-state index contributed by atoms with van der Waals surface area (Å²) < 4.78 is 1.89. The van der Waals surface area contributed by atoms with Crippen molar-refractivity contribution in [3.05, 3.63) is 56.6 Å². The highest BCUT2D eigenvalue weighted by atomic mass is 79.9. The van der Waals surface area contributed by atoms with E-state index in [1.54, 1.807) is 6.20 Å². The molecule has 0 atom stereocenters. The third kappa shape index (κ3) is 4.23. The van der Waals surface area contributed by atoms with Crippen molar-refractivity contribution in [3.63, 3.8) is 0 Å². The molecule has 1 aromatic carbocycles. The van der Waals surface area contributed by atoms with E-state index in [1.807, 2.05) is 6.92 Å². The zero-order chi connectivity index (χ0) is 17.9. The molecule has 0 amide bonds. The number of hydrogen-bond donors (Lipinski definition) is 2. The van der Waals surface area contributed by atoms with E-state index in [0.717, 1.165) is 26.9 Å². The molecule has 0 bridgehead atoms. The SMILES string of the molecule is Cc1c(Br)cnc(NC(=S)NCC2(c3ccccc3)CCCC2)c1Br. The Balaban J connectivity index is 1.68. The molecule has 2 N–H and O–H groups in total. The van der Waals surface area contributed by atoms with Crippen molar-refractivity contribution in [1.29, 1.82) is 0 Å². The fraction of sp³-hybridized carbons (Fsp3) is 0.368. The van der Waals surface area contributed by atoms with Crippen LogP contribution in [0.15, 0.2) is 45.5 Å². The minimum Gasteiger partial charge on any atom is -0.362 e. The van der Waals surface area contributed by atoms with Gasteiger partial charge in [-0.15, -0.1) is 0 Å². The van der Waals surface area contributed by atoms with Gasteiger partial charge in [-0.1, -0.05) is 43.2 Å². The van der Waals surface area contributed by atoms with E-state index in [4.69, 9.17) is 12.2 Å². The molecule has 25 heavy (non-hydrogen) atoms. The van der Waals surface area contributed by atoms with Gasteiger partial charge in [-0.05, 0) is 75.0 Å². The normalized spacial score (nSPS) is 15.8. The van der Waals surface area contributed by atoms with Crippen LogP contribution in [-0.2, 0) is 5.41 Å². The Bertz CT molecular complexity index is 759. The highest BCUT2D eigenvalue weighted by Crippen LogP contribution is 2.40. The molecule has 0 radical (unpaired) electrons. The monoisotopic (exact) mass is 481 g/mol. The zero-order valence-electron chi connectivity index (χ0n) is 14.1. The minimum atomic E-state index is 0.174. The number of anilines is 1. The second-order valence-electron chi connectivity index (χ2n) is 6.55. The van der Waals surface area contributed by atoms with Gasteiger partial charge < -0.3 is 10.6 Å². The molecule has 0 saturated heterocycles. The van der Waals surface area contributed by atoms with Crippen LogP contribution in [0.1, 0.15) is 36.8 Å². The predicted molar refractivity (Wildman–Crippen MR) is 115 cm³/mol. The smallest absolute Gasteiger partial charge is 0.172 e. The van der Waals surface area contributed by atoms with Crippen molar-refractivity contribution in [3.8, 4) is 0 Å². The highest BCUT2D eigenvalue weighted by molar-refractivity contribution is 9.11. The molecule has 0 unspecified atom stereocenters. The Labute approximate surface area is 171 Å². The van der Waals surface area contributed by atoms with Gasteiger partial charge in [0.25, 0.3) is 0 Å². The van der Waals surface area contributed by atoms with E-state index in [0.29, 0.717) is 5.11 Å². The quantitative estimate of drug-likeness (QED) is 0.547. The van der Waals surface area contributed by atoms with Crippen molar-refractivity contribution >= 4 is 55.0 Å². The molecule has 132 valence electrons. The maximum absolute atomic E-state index is 5.51. The first-order valence-corrected chi connectivity index (χ1v) is 10.4. The van der Waals surface area contributed by atoms with E-state index in [2.05, 4.69) is 77.8 Å². The van der Waals surface area contributed by atoms with E-state index in [1.165, 1.54) is 31.2 Å². The lowest BCUT2D eigenvalue weighted by atomic mass is 9.79. The first kappa shape index (κ1) is 18.8. The van der Waals surface area contributed by atoms with Crippen LogP contribution in [0.3, 0.4) is 0 Å². The summed E-state index contributed by atoms with van der Waals surface area (Å²) in [5.74, 6) is 0.735. The van der Waals surface area contributed by atoms with Crippen molar-refractivity contribution in [2.45, 2.75) is 38.0 Å². The summed E-state index contributed by atoms with van der Waals surface area (Å²) in [6.45, 7) is 2.87. The lowest BCUT2D eigenvalue weighted by molar-refractivity contribution is 0.435. The van der Waals surface area contributed by atoms with Crippen molar-refractivity contribution in [2.75, 3.05) is 11.9 Å². The van der Waals surface area contributed by atoms with E-state index in [9.17, 15) is 0 Å². The van der Waals surface area contributed by atoms with Crippen LogP contribution in [0.25, 0.3) is 0 Å². The number of pyridine rings is 1. The molecule has 0 spiro atoms. The summed E-state index contributed by atoms with van der Waals surface area (Å²) in [7, 11) is 0. The number of benzene rings is 1. The van der Waals surface area contributed by atoms with Gasteiger partial charge in [-0.25, -0.2) is 4.98 Å². The summed E-state index contributed by atoms with van der Waals surface area (Å²) in [6.07, 6.45) is 6.73. The Morgan fingerprint density at radius 2 is 1.88 bits per heavy atom. The zero-order valence-corrected chi connectivity index (χ0v) is 18.1. The van der Waals surface area contributed by atoms with Gasteiger partial charge in [0.15, 0.2) is 5.11 Å². The Kier molecular flexibility index (Phi) is 6.12. The molecule has 1 aromatic heterocycles. The average Bonchev–Trinajstić information content (AvgIpc) is 3.12. The van der Waals surface area contributed by atoms with Crippen LogP contribution in [0.5, 0.6) is 0 Å². The maximum atomic E-state index is 5.51. The molecule has 1 fully saturated rings. The summed E-state index contributed by atoms with van der Waals surface area (Å²) in [5.41, 5.74) is 2.67. The second kappa shape index (κ2) is 8.14. The molecule has 1 saturated carbocycles. The molecule has 3 rings (SSSR count). The topological polar surface area (TPSA) is 37.0 Å². The fourth-order valence-corrected chi connectivity index (χ4v) is 4.61. The molecular weight excluding hydrogens is 462 g/mol. The van der Waals surface area contributed by atoms with Gasteiger partial charge in [0.05, 0.1) is 4.47 Å². The number of thiocarbonyl (C=S) groups is 1. The number of hydrogen-bond acceptors (Lipinski definition) is 2. The van der Waals surface area contributed by atoms with Gasteiger partial charge in [-0.3, -0.25) is 0 Å². The molecular formula is C19H21Br2N3S. The summed E-state index contributed by atoms with van der Waals surface area (Å²) in [6, 6.07) is 10.8. The molecule has 1 heterocycles.